The first-order valence-electron chi connectivity index (χ1n) is 5.04. The first kappa shape index (κ1) is 10.7. The molecule has 0 atom stereocenters. The molecular formula is C10H12FN5. The molecule has 0 unspecified atom stereocenters. The van der Waals surface area contributed by atoms with Gasteiger partial charge < -0.3 is 5.73 Å². The molecule has 0 aliphatic rings. The normalized spacial score (nSPS) is 10.6. The first-order valence-corrected chi connectivity index (χ1v) is 5.04. The molecule has 84 valence electrons. The Morgan fingerprint density at radius 1 is 1.25 bits per heavy atom. The predicted octanol–water partition coefficient (Wildman–Crippen LogP) is 0.693. The van der Waals surface area contributed by atoms with Gasteiger partial charge in [0.15, 0.2) is 5.82 Å². The molecule has 2 rings (SSSR count). The van der Waals surface area contributed by atoms with E-state index in [1.165, 1.54) is 16.9 Å². The number of aryl methyl sites for hydroxylation is 1. The molecule has 0 saturated carbocycles. The summed E-state index contributed by atoms with van der Waals surface area (Å²) in [6.45, 7) is 0.602. The van der Waals surface area contributed by atoms with Crippen LogP contribution in [-0.4, -0.2) is 26.8 Å². The molecule has 2 N–H and O–H groups in total. The van der Waals surface area contributed by atoms with Crippen LogP contribution < -0.4 is 5.73 Å². The molecule has 0 aliphatic heterocycles. The van der Waals surface area contributed by atoms with Crippen LogP contribution in [0.25, 0.3) is 5.69 Å². The second-order valence-corrected chi connectivity index (χ2v) is 3.36. The summed E-state index contributed by atoms with van der Waals surface area (Å²) in [7, 11) is 0. The Morgan fingerprint density at radius 2 is 2.00 bits per heavy atom. The summed E-state index contributed by atoms with van der Waals surface area (Å²) in [6, 6.07) is 5.92. The molecule has 6 heteroatoms. The Morgan fingerprint density at radius 3 is 2.69 bits per heavy atom. The van der Waals surface area contributed by atoms with Crippen LogP contribution in [0.1, 0.15) is 12.2 Å². The maximum Gasteiger partial charge on any atom is 0.175 e. The number of nitrogens with zero attached hydrogens (tertiary/aromatic N) is 4. The maximum atomic E-state index is 12.7. The monoisotopic (exact) mass is 221 g/mol. The summed E-state index contributed by atoms with van der Waals surface area (Å²) in [5.41, 5.74) is 6.07. The Balaban J connectivity index is 2.15. The molecule has 0 fully saturated rings. The lowest BCUT2D eigenvalue weighted by atomic mass is 10.3. The number of rotatable bonds is 4. The molecule has 0 spiro atoms. The third kappa shape index (κ3) is 2.40. The van der Waals surface area contributed by atoms with E-state index in [-0.39, 0.29) is 5.82 Å². The summed E-state index contributed by atoms with van der Waals surface area (Å²) >= 11 is 0. The Hall–Kier alpha value is -1.82. The summed E-state index contributed by atoms with van der Waals surface area (Å²) in [6.07, 6.45) is 1.53. The van der Waals surface area contributed by atoms with E-state index in [9.17, 15) is 4.39 Å². The first-order chi connectivity index (χ1) is 7.79. The van der Waals surface area contributed by atoms with Crippen molar-refractivity contribution in [2.45, 2.75) is 12.8 Å². The third-order valence-electron chi connectivity index (χ3n) is 2.12. The quantitative estimate of drug-likeness (QED) is 0.824. The van der Waals surface area contributed by atoms with E-state index in [2.05, 4.69) is 15.4 Å². The summed E-state index contributed by atoms with van der Waals surface area (Å²) in [5.74, 6) is 0.363. The molecule has 0 bridgehead atoms. The Bertz CT molecular complexity index is 450. The minimum absolute atomic E-state index is 0.285. The Kier molecular flexibility index (Phi) is 3.21. The van der Waals surface area contributed by atoms with Gasteiger partial charge >= 0.3 is 0 Å². The van der Waals surface area contributed by atoms with E-state index in [0.717, 1.165) is 6.42 Å². The fourth-order valence-corrected chi connectivity index (χ4v) is 1.29. The van der Waals surface area contributed by atoms with Crippen molar-refractivity contribution in [2.75, 3.05) is 6.54 Å². The molecule has 1 aromatic carbocycles. The zero-order valence-electron chi connectivity index (χ0n) is 8.67. The number of halogens is 1. The zero-order valence-corrected chi connectivity index (χ0v) is 8.67. The van der Waals surface area contributed by atoms with Crippen molar-refractivity contribution in [3.63, 3.8) is 0 Å². The van der Waals surface area contributed by atoms with Crippen molar-refractivity contribution in [2.24, 2.45) is 5.73 Å². The summed E-state index contributed by atoms with van der Waals surface area (Å²) in [4.78, 5) is 1.38. The van der Waals surface area contributed by atoms with Crippen molar-refractivity contribution in [3.8, 4) is 5.69 Å². The van der Waals surface area contributed by atoms with Crippen LogP contribution in [0.3, 0.4) is 0 Å². The van der Waals surface area contributed by atoms with E-state index in [0.29, 0.717) is 24.5 Å². The van der Waals surface area contributed by atoms with Crippen molar-refractivity contribution in [3.05, 3.63) is 35.9 Å². The van der Waals surface area contributed by atoms with Gasteiger partial charge in [0.1, 0.15) is 5.82 Å². The van der Waals surface area contributed by atoms with Gasteiger partial charge in [-0.15, -0.1) is 15.0 Å². The van der Waals surface area contributed by atoms with Crippen molar-refractivity contribution in [1.82, 2.24) is 20.2 Å². The number of hydrogen-bond donors (Lipinski definition) is 1. The van der Waals surface area contributed by atoms with Crippen LogP contribution in [0.5, 0.6) is 0 Å². The fraction of sp³-hybridized carbons (Fsp3) is 0.300. The maximum absolute atomic E-state index is 12.7. The lowest BCUT2D eigenvalue weighted by Crippen LogP contribution is -2.02. The van der Waals surface area contributed by atoms with E-state index in [4.69, 9.17) is 5.73 Å². The van der Waals surface area contributed by atoms with Gasteiger partial charge in [-0.1, -0.05) is 0 Å². The van der Waals surface area contributed by atoms with Gasteiger partial charge in [0, 0.05) is 6.42 Å². The molecule has 2 aromatic rings. The minimum atomic E-state index is -0.285. The van der Waals surface area contributed by atoms with Gasteiger partial charge in [0.25, 0.3) is 0 Å². The molecule has 16 heavy (non-hydrogen) atoms. The summed E-state index contributed by atoms with van der Waals surface area (Å²) in [5, 5.41) is 11.9. The van der Waals surface area contributed by atoms with Crippen LogP contribution in [0, 0.1) is 5.82 Å². The lowest BCUT2D eigenvalue weighted by Gasteiger charge is -1.96. The number of tetrazole rings is 1. The van der Waals surface area contributed by atoms with Gasteiger partial charge in [-0.2, -0.15) is 0 Å². The molecular weight excluding hydrogens is 209 g/mol. The third-order valence-corrected chi connectivity index (χ3v) is 2.12. The van der Waals surface area contributed by atoms with Gasteiger partial charge in [-0.05, 0) is 42.4 Å². The highest BCUT2D eigenvalue weighted by Gasteiger charge is 2.04. The van der Waals surface area contributed by atoms with Gasteiger partial charge in [-0.25, -0.2) is 4.39 Å². The zero-order chi connectivity index (χ0) is 11.4. The van der Waals surface area contributed by atoms with Crippen molar-refractivity contribution < 1.29 is 4.39 Å². The smallest absolute Gasteiger partial charge is 0.175 e. The molecule has 1 heterocycles. The number of nitrogens with two attached hydrogens (primary N) is 1. The second kappa shape index (κ2) is 4.80. The van der Waals surface area contributed by atoms with E-state index in [1.54, 1.807) is 12.1 Å². The van der Waals surface area contributed by atoms with Crippen LogP contribution in [-0.2, 0) is 6.42 Å². The number of benzene rings is 1. The molecule has 0 radical (unpaired) electrons. The second-order valence-electron chi connectivity index (χ2n) is 3.36. The number of aromatic nitrogens is 4. The standard InChI is InChI=1S/C10H12FN5/c11-8-3-5-9(6-4-8)16-14-10(13-15-16)2-1-7-12/h3-6H,1-2,7,12H2. The van der Waals surface area contributed by atoms with Crippen molar-refractivity contribution >= 4 is 0 Å². The predicted molar refractivity (Wildman–Crippen MR) is 56.5 cm³/mol. The molecule has 5 nitrogen and oxygen atoms in total. The van der Waals surface area contributed by atoms with Crippen LogP contribution in [0.2, 0.25) is 0 Å². The molecule has 0 saturated heterocycles. The highest BCUT2D eigenvalue weighted by atomic mass is 19.1. The van der Waals surface area contributed by atoms with E-state index in [1.807, 2.05) is 0 Å². The summed E-state index contributed by atoms with van der Waals surface area (Å²) < 4.78 is 12.7. The van der Waals surface area contributed by atoms with Gasteiger partial charge in [0.2, 0.25) is 0 Å². The Labute approximate surface area is 92.1 Å². The molecule has 0 aliphatic carbocycles. The SMILES string of the molecule is NCCCc1nnn(-c2ccc(F)cc2)n1. The topological polar surface area (TPSA) is 69.6 Å². The highest BCUT2D eigenvalue weighted by molar-refractivity contribution is 5.28. The van der Waals surface area contributed by atoms with Crippen LogP contribution in [0.15, 0.2) is 24.3 Å². The van der Waals surface area contributed by atoms with Gasteiger partial charge in [0.05, 0.1) is 5.69 Å². The minimum Gasteiger partial charge on any atom is -0.330 e. The van der Waals surface area contributed by atoms with E-state index < -0.39 is 0 Å². The largest absolute Gasteiger partial charge is 0.330 e. The average Bonchev–Trinajstić information content (AvgIpc) is 2.76. The fourth-order valence-electron chi connectivity index (χ4n) is 1.29. The molecule has 1 aromatic heterocycles. The lowest BCUT2D eigenvalue weighted by molar-refractivity contribution is 0.625. The average molecular weight is 221 g/mol. The van der Waals surface area contributed by atoms with E-state index >= 15 is 0 Å². The molecule has 0 amide bonds. The van der Waals surface area contributed by atoms with Crippen molar-refractivity contribution in [1.29, 1.82) is 0 Å². The van der Waals surface area contributed by atoms with Crippen LogP contribution >= 0.6 is 0 Å². The highest BCUT2D eigenvalue weighted by Crippen LogP contribution is 2.06. The van der Waals surface area contributed by atoms with Gasteiger partial charge in [-0.3, -0.25) is 0 Å². The number of hydrogen-bond acceptors (Lipinski definition) is 4. The van der Waals surface area contributed by atoms with Crippen LogP contribution in [0.4, 0.5) is 4.39 Å².